The van der Waals surface area contributed by atoms with Gasteiger partial charge in [0.05, 0.1) is 17.5 Å². The third-order valence-electron chi connectivity index (χ3n) is 9.95. The number of amides is 1. The van der Waals surface area contributed by atoms with Crippen molar-refractivity contribution in [1.29, 1.82) is 0 Å². The van der Waals surface area contributed by atoms with Crippen molar-refractivity contribution in [3.63, 3.8) is 0 Å². The fraction of sp³-hybridized carbons (Fsp3) is 0.400. The summed E-state index contributed by atoms with van der Waals surface area (Å²) in [6, 6.07) is 14.4. The molecule has 10 nitrogen and oxygen atoms in total. The minimum absolute atomic E-state index is 0.000448. The molecule has 3 aliphatic rings. The number of carbonyl (C=O) groups is 5. The average molecular weight is 612 g/mol. The lowest BCUT2D eigenvalue weighted by Gasteiger charge is -2.52. The van der Waals surface area contributed by atoms with Crippen molar-refractivity contribution in [2.75, 3.05) is 14.1 Å². The summed E-state index contributed by atoms with van der Waals surface area (Å²) >= 11 is 0. The Balaban J connectivity index is 1.49. The maximum atomic E-state index is 14.2. The van der Waals surface area contributed by atoms with Gasteiger partial charge in [-0.3, -0.25) is 28.9 Å². The standard InChI is InChI=1S/C35H37N3O7/c1-16(2)37-15-17-9-10-21(20-8-6-5-7-19(17)20)22-11-12-25(39)27-23(22)13-18-14-24-29(38(3)4)31(41)28(34(36)44)33(43)35(24,45)32(42)26(18)30(27)40/h5-12,16,18,24,26,28-29,37,39,45H,13-15H2,1-4H3,(H2,36,44)/t18-,24-,26?,28?,29?,35-/m1/s1. The number of aromatic hydroxyl groups is 1. The number of rotatable bonds is 6. The highest BCUT2D eigenvalue weighted by atomic mass is 16.3. The van der Waals surface area contributed by atoms with Crippen molar-refractivity contribution in [3.8, 4) is 16.9 Å². The van der Waals surface area contributed by atoms with E-state index in [0.29, 0.717) is 18.2 Å². The van der Waals surface area contributed by atoms with Gasteiger partial charge in [0.1, 0.15) is 5.75 Å². The van der Waals surface area contributed by atoms with E-state index in [1.165, 1.54) is 11.0 Å². The van der Waals surface area contributed by atoms with Crippen LogP contribution in [0, 0.1) is 23.7 Å². The molecule has 1 amide bonds. The average Bonchev–Trinajstić information content (AvgIpc) is 2.97. The highest BCUT2D eigenvalue weighted by Crippen LogP contribution is 2.52. The first-order valence-electron chi connectivity index (χ1n) is 15.2. The number of benzene rings is 3. The molecule has 2 saturated carbocycles. The number of Topliss-reactive ketones (excluding diaryl/α,β-unsaturated/α-hetero) is 4. The second-order valence-electron chi connectivity index (χ2n) is 13.1. The number of nitrogens with two attached hydrogens (primary N) is 1. The summed E-state index contributed by atoms with van der Waals surface area (Å²) in [5.74, 6) is -10.6. The molecular formula is C35H37N3O7. The van der Waals surface area contributed by atoms with Gasteiger partial charge in [0.25, 0.3) is 0 Å². The first-order valence-corrected chi connectivity index (χ1v) is 15.2. The number of fused-ring (bicyclic) bond motifs is 4. The summed E-state index contributed by atoms with van der Waals surface area (Å²) in [5, 5.41) is 28.3. The molecule has 234 valence electrons. The number of nitrogens with one attached hydrogen (secondary N) is 1. The van der Waals surface area contributed by atoms with E-state index in [-0.39, 0.29) is 24.2 Å². The summed E-state index contributed by atoms with van der Waals surface area (Å²) in [6.45, 7) is 4.83. The third-order valence-corrected chi connectivity index (χ3v) is 9.95. The second-order valence-corrected chi connectivity index (χ2v) is 13.1. The molecule has 0 radical (unpaired) electrons. The third kappa shape index (κ3) is 4.54. The van der Waals surface area contributed by atoms with Crippen LogP contribution >= 0.6 is 0 Å². The normalized spacial score (nSPS) is 27.9. The molecule has 5 N–H and O–H groups in total. The van der Waals surface area contributed by atoms with E-state index in [1.54, 1.807) is 20.2 Å². The number of nitrogens with zero attached hydrogens (tertiary/aromatic N) is 1. The lowest BCUT2D eigenvalue weighted by molar-refractivity contribution is -0.181. The van der Waals surface area contributed by atoms with Crippen LogP contribution in [-0.4, -0.2) is 75.9 Å². The SMILES string of the molecule is CC(C)NCc1ccc(-c2ccc(O)c3c2C[C@@H]2C[C@@H]4C(N(C)C)C(=O)C(C(N)=O)C(=O)[C@]4(O)C(=O)C2C3=O)c2ccccc12. The van der Waals surface area contributed by atoms with Crippen LogP contribution in [0.3, 0.4) is 0 Å². The first kappa shape index (κ1) is 30.8. The molecule has 3 aromatic carbocycles. The Morgan fingerprint density at radius 3 is 2.31 bits per heavy atom. The summed E-state index contributed by atoms with van der Waals surface area (Å²) in [5.41, 5.74) is 5.91. The Morgan fingerprint density at radius 2 is 1.67 bits per heavy atom. The van der Waals surface area contributed by atoms with E-state index in [1.807, 2.05) is 36.4 Å². The van der Waals surface area contributed by atoms with Crippen molar-refractivity contribution >= 4 is 39.8 Å². The fourth-order valence-electron chi connectivity index (χ4n) is 7.92. The monoisotopic (exact) mass is 611 g/mol. The molecule has 3 unspecified atom stereocenters. The number of hydrogen-bond acceptors (Lipinski definition) is 9. The number of phenolic OH excluding ortho intramolecular Hbond substituents is 1. The molecule has 3 aromatic rings. The molecule has 0 aliphatic heterocycles. The predicted molar refractivity (Wildman–Crippen MR) is 166 cm³/mol. The smallest absolute Gasteiger partial charge is 0.235 e. The van der Waals surface area contributed by atoms with Crippen molar-refractivity contribution < 1.29 is 34.2 Å². The van der Waals surface area contributed by atoms with Gasteiger partial charge in [0.2, 0.25) is 5.91 Å². The van der Waals surface area contributed by atoms with Crippen LogP contribution in [0.5, 0.6) is 5.75 Å². The zero-order valence-electron chi connectivity index (χ0n) is 25.7. The van der Waals surface area contributed by atoms with E-state index in [0.717, 1.165) is 27.5 Å². The number of primary amides is 1. The van der Waals surface area contributed by atoms with Gasteiger partial charge >= 0.3 is 0 Å². The Morgan fingerprint density at radius 1 is 1.00 bits per heavy atom. The zero-order valence-corrected chi connectivity index (χ0v) is 25.7. The van der Waals surface area contributed by atoms with E-state index in [4.69, 9.17) is 5.73 Å². The van der Waals surface area contributed by atoms with Gasteiger partial charge in [-0.1, -0.05) is 56.3 Å². The van der Waals surface area contributed by atoms with E-state index in [2.05, 4.69) is 19.2 Å². The molecule has 45 heavy (non-hydrogen) atoms. The number of phenols is 1. The molecule has 3 aliphatic carbocycles. The topological polar surface area (TPSA) is 167 Å². The first-order chi connectivity index (χ1) is 21.3. The quantitative estimate of drug-likeness (QED) is 0.306. The van der Waals surface area contributed by atoms with Crippen molar-refractivity contribution in [2.45, 2.75) is 50.9 Å². The van der Waals surface area contributed by atoms with Crippen LogP contribution < -0.4 is 11.1 Å². The number of ketones is 4. The number of aliphatic hydroxyl groups is 1. The molecule has 10 heteroatoms. The Hall–Kier alpha value is -4.25. The fourth-order valence-corrected chi connectivity index (χ4v) is 7.92. The number of hydrogen-bond donors (Lipinski definition) is 4. The molecule has 2 fully saturated rings. The van der Waals surface area contributed by atoms with Crippen molar-refractivity contribution in [3.05, 3.63) is 65.2 Å². The minimum atomic E-state index is -2.75. The highest BCUT2D eigenvalue weighted by Gasteiger charge is 2.69. The Bertz CT molecular complexity index is 1800. The largest absolute Gasteiger partial charge is 0.507 e. The molecule has 6 rings (SSSR count). The van der Waals surface area contributed by atoms with Crippen molar-refractivity contribution in [2.24, 2.45) is 29.4 Å². The van der Waals surface area contributed by atoms with Crippen LogP contribution in [0.2, 0.25) is 0 Å². The predicted octanol–water partition coefficient (Wildman–Crippen LogP) is 2.19. The van der Waals surface area contributed by atoms with Gasteiger partial charge in [-0.05, 0) is 71.9 Å². The molecule has 0 heterocycles. The van der Waals surface area contributed by atoms with Crippen molar-refractivity contribution in [1.82, 2.24) is 10.2 Å². The Labute approximate surface area is 260 Å². The van der Waals surface area contributed by atoms with Gasteiger partial charge in [0, 0.05) is 18.5 Å². The van der Waals surface area contributed by atoms with E-state index < -0.39 is 64.4 Å². The highest BCUT2D eigenvalue weighted by molar-refractivity contribution is 6.32. The molecular weight excluding hydrogens is 574 g/mol. The van der Waals surface area contributed by atoms with Crippen LogP contribution in [0.1, 0.15) is 41.8 Å². The van der Waals surface area contributed by atoms with Gasteiger partial charge in [-0.2, -0.15) is 0 Å². The molecule has 0 aromatic heterocycles. The zero-order chi connectivity index (χ0) is 32.5. The number of carbonyl (C=O) groups excluding carboxylic acids is 5. The van der Waals surface area contributed by atoms with E-state index in [9.17, 15) is 34.2 Å². The van der Waals surface area contributed by atoms with Gasteiger partial charge in [-0.25, -0.2) is 0 Å². The molecule has 0 spiro atoms. The lowest BCUT2D eigenvalue weighted by Crippen LogP contribution is -2.74. The molecule has 6 atom stereocenters. The van der Waals surface area contributed by atoms with Crippen LogP contribution in [-0.2, 0) is 32.1 Å². The van der Waals surface area contributed by atoms with E-state index >= 15 is 0 Å². The maximum absolute atomic E-state index is 14.2. The van der Waals surface area contributed by atoms with Crippen LogP contribution in [0.4, 0.5) is 0 Å². The van der Waals surface area contributed by atoms with Gasteiger partial charge in [-0.15, -0.1) is 0 Å². The molecule has 0 bridgehead atoms. The minimum Gasteiger partial charge on any atom is -0.507 e. The van der Waals surface area contributed by atoms with Crippen LogP contribution in [0.25, 0.3) is 21.9 Å². The lowest BCUT2D eigenvalue weighted by atomic mass is 9.52. The van der Waals surface area contributed by atoms with Crippen LogP contribution in [0.15, 0.2) is 48.5 Å². The summed E-state index contributed by atoms with van der Waals surface area (Å²) in [4.78, 5) is 68.9. The maximum Gasteiger partial charge on any atom is 0.235 e. The summed E-state index contributed by atoms with van der Waals surface area (Å²) in [6.07, 6.45) is 0.195. The summed E-state index contributed by atoms with van der Waals surface area (Å²) in [7, 11) is 3.13. The van der Waals surface area contributed by atoms with Gasteiger partial charge < -0.3 is 21.3 Å². The number of likely N-dealkylation sites (N-methyl/N-ethyl adjacent to an activating group) is 1. The second kappa shape index (κ2) is 11.0. The summed E-state index contributed by atoms with van der Waals surface area (Å²) < 4.78 is 0. The molecule has 0 saturated heterocycles. The Kier molecular flexibility index (Phi) is 7.50. The van der Waals surface area contributed by atoms with Gasteiger partial charge in [0.15, 0.2) is 34.7 Å².